The van der Waals surface area contributed by atoms with E-state index < -0.39 is 0 Å². The van der Waals surface area contributed by atoms with Gasteiger partial charge in [0, 0.05) is 32.4 Å². The first-order chi connectivity index (χ1) is 9.06. The largest absolute Gasteiger partial charge is 0.489 e. The van der Waals surface area contributed by atoms with Crippen molar-refractivity contribution >= 4 is 5.91 Å². The standard InChI is InChI=1S/C14H21N3O2/c1-11(2)19-13-8-12(9-15-10-13)14(18)17-6-4-16(3)5-7-17/h8-11H,4-7H2,1-3H3. The van der Waals surface area contributed by atoms with E-state index in [1.54, 1.807) is 18.5 Å². The van der Waals surface area contributed by atoms with Crippen molar-refractivity contribution in [3.63, 3.8) is 0 Å². The van der Waals surface area contributed by atoms with E-state index in [2.05, 4.69) is 16.9 Å². The molecule has 0 aliphatic carbocycles. The smallest absolute Gasteiger partial charge is 0.255 e. The van der Waals surface area contributed by atoms with E-state index in [1.165, 1.54) is 0 Å². The Morgan fingerprint density at radius 3 is 2.58 bits per heavy atom. The fourth-order valence-electron chi connectivity index (χ4n) is 2.06. The van der Waals surface area contributed by atoms with Crippen LogP contribution in [0.15, 0.2) is 18.5 Å². The number of hydrogen-bond donors (Lipinski definition) is 0. The fraction of sp³-hybridized carbons (Fsp3) is 0.571. The van der Waals surface area contributed by atoms with Crippen LogP contribution < -0.4 is 4.74 Å². The van der Waals surface area contributed by atoms with Crippen LogP contribution in [0.1, 0.15) is 24.2 Å². The first-order valence-electron chi connectivity index (χ1n) is 6.66. The van der Waals surface area contributed by atoms with Gasteiger partial charge in [-0.25, -0.2) is 0 Å². The van der Waals surface area contributed by atoms with E-state index in [0.29, 0.717) is 11.3 Å². The van der Waals surface area contributed by atoms with Gasteiger partial charge in [0.1, 0.15) is 5.75 Å². The SMILES string of the molecule is CC(C)Oc1cncc(C(=O)N2CCN(C)CC2)c1. The third-order valence-electron chi connectivity index (χ3n) is 3.12. The summed E-state index contributed by atoms with van der Waals surface area (Å²) < 4.78 is 5.57. The third-order valence-corrected chi connectivity index (χ3v) is 3.12. The van der Waals surface area contributed by atoms with Crippen molar-refractivity contribution in [1.29, 1.82) is 0 Å². The molecule has 0 spiro atoms. The van der Waals surface area contributed by atoms with Gasteiger partial charge in [0.25, 0.3) is 5.91 Å². The van der Waals surface area contributed by atoms with Crippen LogP contribution in [-0.2, 0) is 0 Å². The Labute approximate surface area is 114 Å². The van der Waals surface area contributed by atoms with Crippen LogP contribution in [0.25, 0.3) is 0 Å². The van der Waals surface area contributed by atoms with Crippen molar-refractivity contribution in [1.82, 2.24) is 14.8 Å². The highest BCUT2D eigenvalue weighted by molar-refractivity contribution is 5.94. The van der Waals surface area contributed by atoms with Crippen molar-refractivity contribution in [2.24, 2.45) is 0 Å². The van der Waals surface area contributed by atoms with Gasteiger partial charge in [-0.15, -0.1) is 0 Å². The number of pyridine rings is 1. The molecule has 1 saturated heterocycles. The summed E-state index contributed by atoms with van der Waals surface area (Å²) in [6.07, 6.45) is 3.32. The third kappa shape index (κ3) is 3.67. The minimum absolute atomic E-state index is 0.0369. The highest BCUT2D eigenvalue weighted by Crippen LogP contribution is 2.15. The summed E-state index contributed by atoms with van der Waals surface area (Å²) in [6.45, 7) is 7.28. The van der Waals surface area contributed by atoms with Crippen LogP contribution in [0.2, 0.25) is 0 Å². The number of carbonyl (C=O) groups is 1. The number of aromatic nitrogens is 1. The Kier molecular flexibility index (Phi) is 4.37. The lowest BCUT2D eigenvalue weighted by molar-refractivity contribution is 0.0663. The van der Waals surface area contributed by atoms with Crippen molar-refractivity contribution in [3.8, 4) is 5.75 Å². The molecule has 5 nitrogen and oxygen atoms in total. The second-order valence-electron chi connectivity index (χ2n) is 5.17. The number of ether oxygens (including phenoxy) is 1. The molecule has 2 heterocycles. The molecule has 0 aromatic carbocycles. The molecule has 0 atom stereocenters. The Hall–Kier alpha value is -1.62. The Balaban J connectivity index is 2.06. The molecule has 1 fully saturated rings. The Morgan fingerprint density at radius 1 is 1.26 bits per heavy atom. The zero-order valence-electron chi connectivity index (χ0n) is 11.8. The summed E-state index contributed by atoms with van der Waals surface area (Å²) in [5.74, 6) is 0.685. The maximum atomic E-state index is 12.4. The lowest BCUT2D eigenvalue weighted by atomic mass is 10.2. The van der Waals surface area contributed by atoms with Crippen molar-refractivity contribution < 1.29 is 9.53 Å². The summed E-state index contributed by atoms with van der Waals surface area (Å²) in [5, 5.41) is 0. The van der Waals surface area contributed by atoms with E-state index in [-0.39, 0.29) is 12.0 Å². The second-order valence-corrected chi connectivity index (χ2v) is 5.17. The van der Waals surface area contributed by atoms with E-state index in [0.717, 1.165) is 26.2 Å². The van der Waals surface area contributed by atoms with Gasteiger partial charge < -0.3 is 14.5 Å². The predicted molar refractivity (Wildman–Crippen MR) is 73.4 cm³/mol. The van der Waals surface area contributed by atoms with Crippen LogP contribution in [0, 0.1) is 0 Å². The molecule has 0 saturated carbocycles. The van der Waals surface area contributed by atoms with Gasteiger partial charge in [-0.1, -0.05) is 0 Å². The first kappa shape index (κ1) is 13.8. The maximum absolute atomic E-state index is 12.4. The van der Waals surface area contributed by atoms with Crippen LogP contribution >= 0.6 is 0 Å². The molecule has 104 valence electrons. The molecule has 1 amide bonds. The van der Waals surface area contributed by atoms with Crippen LogP contribution in [0.3, 0.4) is 0 Å². The zero-order chi connectivity index (χ0) is 13.8. The zero-order valence-corrected chi connectivity index (χ0v) is 11.8. The molecule has 1 aromatic heterocycles. The lowest BCUT2D eigenvalue weighted by Crippen LogP contribution is -2.47. The number of carbonyl (C=O) groups excluding carboxylic acids is 1. The van der Waals surface area contributed by atoms with Crippen LogP contribution in [-0.4, -0.2) is 60.0 Å². The van der Waals surface area contributed by atoms with Crippen molar-refractivity contribution in [3.05, 3.63) is 24.0 Å². The minimum Gasteiger partial charge on any atom is -0.489 e. The molecule has 5 heteroatoms. The van der Waals surface area contributed by atoms with Crippen LogP contribution in [0.5, 0.6) is 5.75 Å². The molecule has 1 aliphatic heterocycles. The van der Waals surface area contributed by atoms with E-state index in [1.807, 2.05) is 18.7 Å². The fourth-order valence-corrected chi connectivity index (χ4v) is 2.06. The molecule has 0 unspecified atom stereocenters. The molecular weight excluding hydrogens is 242 g/mol. The quantitative estimate of drug-likeness (QED) is 0.823. The van der Waals surface area contributed by atoms with E-state index >= 15 is 0 Å². The number of likely N-dealkylation sites (N-methyl/N-ethyl adjacent to an activating group) is 1. The summed E-state index contributed by atoms with van der Waals surface area (Å²) in [5.41, 5.74) is 0.600. The first-order valence-corrected chi connectivity index (χ1v) is 6.66. The van der Waals surface area contributed by atoms with E-state index in [9.17, 15) is 4.79 Å². The minimum atomic E-state index is 0.0369. The van der Waals surface area contributed by atoms with Gasteiger partial charge in [-0.2, -0.15) is 0 Å². The molecule has 0 bridgehead atoms. The van der Waals surface area contributed by atoms with Gasteiger partial charge in [0.15, 0.2) is 0 Å². The van der Waals surface area contributed by atoms with Gasteiger partial charge in [-0.3, -0.25) is 9.78 Å². The number of amides is 1. The summed E-state index contributed by atoms with van der Waals surface area (Å²) >= 11 is 0. The molecular formula is C14H21N3O2. The number of rotatable bonds is 3. The topological polar surface area (TPSA) is 45.7 Å². The molecule has 0 N–H and O–H groups in total. The average Bonchev–Trinajstić information content (AvgIpc) is 2.38. The second kappa shape index (κ2) is 6.02. The maximum Gasteiger partial charge on any atom is 0.255 e. The number of nitrogens with zero attached hydrogens (tertiary/aromatic N) is 3. The van der Waals surface area contributed by atoms with Gasteiger partial charge in [-0.05, 0) is 27.0 Å². The Bertz CT molecular complexity index is 440. The highest BCUT2D eigenvalue weighted by Gasteiger charge is 2.20. The molecule has 19 heavy (non-hydrogen) atoms. The normalized spacial score (nSPS) is 16.7. The number of hydrogen-bond acceptors (Lipinski definition) is 4. The highest BCUT2D eigenvalue weighted by atomic mass is 16.5. The van der Waals surface area contributed by atoms with Gasteiger partial charge in [0.2, 0.25) is 0 Å². The van der Waals surface area contributed by atoms with E-state index in [4.69, 9.17) is 4.74 Å². The Morgan fingerprint density at radius 2 is 1.95 bits per heavy atom. The molecule has 2 rings (SSSR count). The molecule has 1 aliphatic rings. The molecule has 1 aromatic rings. The van der Waals surface area contributed by atoms with Crippen molar-refractivity contribution in [2.75, 3.05) is 33.2 Å². The molecule has 0 radical (unpaired) electrons. The van der Waals surface area contributed by atoms with Crippen LogP contribution in [0.4, 0.5) is 0 Å². The summed E-state index contributed by atoms with van der Waals surface area (Å²) in [6, 6.07) is 1.77. The van der Waals surface area contributed by atoms with Gasteiger partial charge >= 0.3 is 0 Å². The predicted octanol–water partition coefficient (Wildman–Crippen LogP) is 1.26. The average molecular weight is 263 g/mol. The lowest BCUT2D eigenvalue weighted by Gasteiger charge is -2.32. The van der Waals surface area contributed by atoms with Gasteiger partial charge in [0.05, 0.1) is 17.9 Å². The van der Waals surface area contributed by atoms with Crippen molar-refractivity contribution in [2.45, 2.75) is 20.0 Å². The summed E-state index contributed by atoms with van der Waals surface area (Å²) in [7, 11) is 2.07. The summed E-state index contributed by atoms with van der Waals surface area (Å²) in [4.78, 5) is 20.5. The number of piperazine rings is 1. The monoisotopic (exact) mass is 263 g/mol.